The van der Waals surface area contributed by atoms with E-state index >= 15 is 0 Å². The number of nitrogens with one attached hydrogen (secondary N) is 2. The van der Waals surface area contributed by atoms with Gasteiger partial charge >= 0.3 is 6.03 Å². The number of hydrogen-bond acceptors (Lipinski definition) is 5. The highest BCUT2D eigenvalue weighted by atomic mass is 16.7. The molecular weight excluding hydrogens is 312 g/mol. The molecule has 0 aliphatic carbocycles. The molecule has 0 atom stereocenters. The van der Waals surface area contributed by atoms with E-state index in [0.717, 1.165) is 11.3 Å². The molecule has 2 aliphatic rings. The Bertz CT molecular complexity index is 778. The summed E-state index contributed by atoms with van der Waals surface area (Å²) in [5, 5.41) is 5.57. The lowest BCUT2D eigenvalue weighted by atomic mass is 10.2. The van der Waals surface area contributed by atoms with Crippen LogP contribution in [0.15, 0.2) is 36.4 Å². The number of carbonyl (C=O) groups is 1. The van der Waals surface area contributed by atoms with Crippen molar-refractivity contribution < 1.29 is 23.7 Å². The van der Waals surface area contributed by atoms with Gasteiger partial charge in [0.25, 0.3) is 0 Å². The van der Waals surface area contributed by atoms with Gasteiger partial charge in [-0.15, -0.1) is 0 Å². The Morgan fingerprint density at radius 3 is 2.50 bits per heavy atom. The zero-order valence-electron chi connectivity index (χ0n) is 12.8. The zero-order chi connectivity index (χ0) is 16.4. The Morgan fingerprint density at radius 2 is 1.58 bits per heavy atom. The lowest BCUT2D eigenvalue weighted by molar-refractivity contribution is 0.171. The molecule has 0 saturated heterocycles. The molecule has 124 valence electrons. The molecular formula is C17H16N2O5. The topological polar surface area (TPSA) is 78.1 Å². The monoisotopic (exact) mass is 328 g/mol. The van der Waals surface area contributed by atoms with Crippen molar-refractivity contribution >= 4 is 11.7 Å². The summed E-state index contributed by atoms with van der Waals surface area (Å²) in [5.41, 5.74) is 1.57. The first kappa shape index (κ1) is 14.5. The second-order valence-corrected chi connectivity index (χ2v) is 5.35. The fourth-order valence-electron chi connectivity index (χ4n) is 2.53. The summed E-state index contributed by atoms with van der Waals surface area (Å²) in [6.45, 7) is 1.66. The van der Waals surface area contributed by atoms with Crippen molar-refractivity contribution in [2.45, 2.75) is 6.54 Å². The minimum atomic E-state index is -0.302. The van der Waals surface area contributed by atoms with Crippen LogP contribution in [0.25, 0.3) is 0 Å². The molecule has 0 fully saturated rings. The third kappa shape index (κ3) is 3.01. The van der Waals surface area contributed by atoms with Gasteiger partial charge < -0.3 is 29.6 Å². The molecule has 2 amide bonds. The number of urea groups is 1. The van der Waals surface area contributed by atoms with Gasteiger partial charge in [0, 0.05) is 18.3 Å². The lowest BCUT2D eigenvalue weighted by Gasteiger charge is -2.19. The first-order valence-corrected chi connectivity index (χ1v) is 7.61. The Balaban J connectivity index is 1.35. The van der Waals surface area contributed by atoms with Crippen molar-refractivity contribution in [2.24, 2.45) is 0 Å². The van der Waals surface area contributed by atoms with E-state index in [1.165, 1.54) is 0 Å². The quantitative estimate of drug-likeness (QED) is 0.905. The molecule has 7 heteroatoms. The Labute approximate surface area is 138 Å². The van der Waals surface area contributed by atoms with Gasteiger partial charge in [-0.2, -0.15) is 0 Å². The van der Waals surface area contributed by atoms with E-state index in [2.05, 4.69) is 10.6 Å². The highest BCUT2D eigenvalue weighted by Gasteiger charge is 2.14. The number of benzene rings is 2. The Hall–Kier alpha value is -3.09. The molecule has 7 nitrogen and oxygen atoms in total. The Kier molecular flexibility index (Phi) is 3.74. The smallest absolute Gasteiger partial charge is 0.319 e. The number of ether oxygens (including phenoxy) is 4. The molecule has 0 spiro atoms. The first-order valence-electron chi connectivity index (χ1n) is 7.61. The Morgan fingerprint density at radius 1 is 0.875 bits per heavy atom. The fraction of sp³-hybridized carbons (Fsp3) is 0.235. The van der Waals surface area contributed by atoms with E-state index in [-0.39, 0.29) is 12.8 Å². The summed E-state index contributed by atoms with van der Waals surface area (Å²) in [6.07, 6.45) is 0. The highest BCUT2D eigenvalue weighted by Crippen LogP contribution is 2.33. The van der Waals surface area contributed by atoms with Gasteiger partial charge in [0.2, 0.25) is 6.79 Å². The molecule has 2 heterocycles. The molecule has 2 aromatic rings. The average Bonchev–Trinajstić information content (AvgIpc) is 3.07. The van der Waals surface area contributed by atoms with Crippen molar-refractivity contribution in [1.29, 1.82) is 0 Å². The van der Waals surface area contributed by atoms with E-state index in [9.17, 15) is 4.79 Å². The van der Waals surface area contributed by atoms with Crippen LogP contribution >= 0.6 is 0 Å². The number of rotatable bonds is 3. The van der Waals surface area contributed by atoms with Crippen LogP contribution in [0.4, 0.5) is 10.5 Å². The molecule has 4 rings (SSSR count). The summed E-state index contributed by atoms with van der Waals surface area (Å²) in [5.74, 6) is 2.74. The third-order valence-electron chi connectivity index (χ3n) is 3.69. The second kappa shape index (κ2) is 6.19. The number of fused-ring (bicyclic) bond motifs is 2. The van der Waals surface area contributed by atoms with Crippen LogP contribution in [0.3, 0.4) is 0 Å². The SMILES string of the molecule is O=C(NCc1ccc2c(c1)OCO2)Nc1ccc2c(c1)OCCO2. The minimum absolute atomic E-state index is 0.233. The summed E-state index contributed by atoms with van der Waals surface area (Å²) < 4.78 is 21.5. The predicted molar refractivity (Wildman–Crippen MR) is 85.9 cm³/mol. The maximum atomic E-state index is 12.0. The average molecular weight is 328 g/mol. The van der Waals surface area contributed by atoms with Crippen molar-refractivity contribution in [3.8, 4) is 23.0 Å². The summed E-state index contributed by atoms with van der Waals surface area (Å²) in [6, 6.07) is 10.6. The summed E-state index contributed by atoms with van der Waals surface area (Å²) >= 11 is 0. The van der Waals surface area contributed by atoms with Crippen molar-refractivity contribution in [3.63, 3.8) is 0 Å². The molecule has 24 heavy (non-hydrogen) atoms. The van der Waals surface area contributed by atoms with Gasteiger partial charge in [-0.1, -0.05) is 6.07 Å². The maximum absolute atomic E-state index is 12.0. The molecule has 0 aromatic heterocycles. The lowest BCUT2D eigenvalue weighted by Crippen LogP contribution is -2.28. The normalized spacial score (nSPS) is 14.2. The van der Waals surface area contributed by atoms with Crippen LogP contribution in [-0.2, 0) is 6.54 Å². The minimum Gasteiger partial charge on any atom is -0.486 e. The van der Waals surface area contributed by atoms with Crippen molar-refractivity contribution in [1.82, 2.24) is 5.32 Å². The molecule has 0 bridgehead atoms. The molecule has 2 aliphatic heterocycles. The van der Waals surface area contributed by atoms with Crippen LogP contribution in [0.1, 0.15) is 5.56 Å². The van der Waals surface area contributed by atoms with Crippen LogP contribution in [-0.4, -0.2) is 26.0 Å². The van der Waals surface area contributed by atoms with Gasteiger partial charge in [-0.05, 0) is 29.8 Å². The fourth-order valence-corrected chi connectivity index (χ4v) is 2.53. The van der Waals surface area contributed by atoms with E-state index in [0.29, 0.717) is 42.7 Å². The molecule has 2 aromatic carbocycles. The third-order valence-corrected chi connectivity index (χ3v) is 3.69. The number of hydrogen-bond donors (Lipinski definition) is 2. The molecule has 2 N–H and O–H groups in total. The van der Waals surface area contributed by atoms with Gasteiger partial charge in [-0.3, -0.25) is 0 Å². The van der Waals surface area contributed by atoms with Gasteiger partial charge in [-0.25, -0.2) is 4.79 Å². The largest absolute Gasteiger partial charge is 0.486 e. The second-order valence-electron chi connectivity index (χ2n) is 5.35. The summed E-state index contributed by atoms with van der Waals surface area (Å²) in [7, 11) is 0. The van der Waals surface area contributed by atoms with Crippen molar-refractivity contribution in [3.05, 3.63) is 42.0 Å². The van der Waals surface area contributed by atoms with E-state index in [4.69, 9.17) is 18.9 Å². The van der Waals surface area contributed by atoms with E-state index < -0.39 is 0 Å². The van der Waals surface area contributed by atoms with Crippen LogP contribution < -0.4 is 29.6 Å². The number of amides is 2. The van der Waals surface area contributed by atoms with E-state index in [1.54, 1.807) is 18.2 Å². The maximum Gasteiger partial charge on any atom is 0.319 e. The number of carbonyl (C=O) groups excluding carboxylic acids is 1. The summed E-state index contributed by atoms with van der Waals surface area (Å²) in [4.78, 5) is 12.0. The molecule has 0 saturated carbocycles. The van der Waals surface area contributed by atoms with E-state index in [1.807, 2.05) is 18.2 Å². The van der Waals surface area contributed by atoms with Crippen LogP contribution in [0.2, 0.25) is 0 Å². The standard InChI is InChI=1S/C17H16N2O5/c20-17(18-9-11-1-3-14-15(7-11)24-10-23-14)19-12-2-4-13-16(8-12)22-6-5-21-13/h1-4,7-8H,5-6,9-10H2,(H2,18,19,20). The number of anilines is 1. The molecule has 0 unspecified atom stereocenters. The predicted octanol–water partition coefficient (Wildman–Crippen LogP) is 2.51. The molecule has 0 radical (unpaired) electrons. The van der Waals surface area contributed by atoms with Crippen LogP contribution in [0, 0.1) is 0 Å². The van der Waals surface area contributed by atoms with Gasteiger partial charge in [0.15, 0.2) is 23.0 Å². The van der Waals surface area contributed by atoms with Gasteiger partial charge in [0.05, 0.1) is 0 Å². The van der Waals surface area contributed by atoms with Crippen LogP contribution in [0.5, 0.6) is 23.0 Å². The van der Waals surface area contributed by atoms with Gasteiger partial charge in [0.1, 0.15) is 13.2 Å². The first-order chi connectivity index (χ1) is 11.8. The van der Waals surface area contributed by atoms with Crippen molar-refractivity contribution in [2.75, 3.05) is 25.3 Å². The zero-order valence-corrected chi connectivity index (χ0v) is 12.8. The highest BCUT2D eigenvalue weighted by molar-refractivity contribution is 5.89.